The third kappa shape index (κ3) is 4.42. The van der Waals surface area contributed by atoms with Gasteiger partial charge in [-0.15, -0.1) is 0 Å². The summed E-state index contributed by atoms with van der Waals surface area (Å²) in [6.07, 6.45) is 0. The van der Waals surface area contributed by atoms with Crippen LogP contribution in [0.2, 0.25) is 0 Å². The highest BCUT2D eigenvalue weighted by atomic mass is 31.1. The van der Waals surface area contributed by atoms with Crippen LogP contribution < -0.4 is 10.6 Å². The molecule has 0 N–H and O–H groups in total. The monoisotopic (exact) mass is 298 g/mol. The number of hydrogen-bond donors (Lipinski definition) is 0. The molecular formula is C20H27P. The zero-order valence-corrected chi connectivity index (χ0v) is 15.1. The summed E-state index contributed by atoms with van der Waals surface area (Å²) in [5.41, 5.74) is 3.26. The molecule has 0 nitrogen and oxygen atoms in total. The minimum absolute atomic E-state index is 0.192. The van der Waals surface area contributed by atoms with E-state index in [2.05, 4.69) is 90.1 Å². The molecule has 0 aliphatic rings. The largest absolute Gasteiger partial charge is 0.0622 e. The van der Waals surface area contributed by atoms with E-state index in [1.807, 2.05) is 0 Å². The fourth-order valence-corrected chi connectivity index (χ4v) is 3.40. The minimum atomic E-state index is 0.192. The Balaban J connectivity index is 2.45. The fraction of sp³-hybridized carbons (Fsp3) is 0.400. The van der Waals surface area contributed by atoms with Crippen LogP contribution in [0, 0.1) is 0 Å². The van der Waals surface area contributed by atoms with Crippen molar-refractivity contribution in [2.45, 2.75) is 52.4 Å². The van der Waals surface area contributed by atoms with Gasteiger partial charge in [0.05, 0.1) is 0 Å². The van der Waals surface area contributed by atoms with Gasteiger partial charge in [-0.3, -0.25) is 0 Å². The Hall–Kier alpha value is -1.13. The molecule has 0 heterocycles. The highest BCUT2D eigenvalue weighted by Gasteiger charge is 2.20. The van der Waals surface area contributed by atoms with Crippen LogP contribution in [0.5, 0.6) is 0 Å². The van der Waals surface area contributed by atoms with Gasteiger partial charge in [-0.1, -0.05) is 98.7 Å². The maximum absolute atomic E-state index is 2.39. The first kappa shape index (κ1) is 16.2. The van der Waals surface area contributed by atoms with Gasteiger partial charge in [-0.05, 0) is 32.6 Å². The summed E-state index contributed by atoms with van der Waals surface area (Å²) in [5.74, 6) is 0. The van der Waals surface area contributed by atoms with Crippen molar-refractivity contribution >= 4 is 19.2 Å². The molecule has 0 radical (unpaired) electrons. The second-order valence-electron chi connectivity index (χ2n) is 7.79. The van der Waals surface area contributed by atoms with Gasteiger partial charge >= 0.3 is 0 Å². The van der Waals surface area contributed by atoms with Gasteiger partial charge in [0.1, 0.15) is 0 Å². The van der Waals surface area contributed by atoms with E-state index in [4.69, 9.17) is 0 Å². The van der Waals surface area contributed by atoms with Gasteiger partial charge in [-0.2, -0.15) is 0 Å². The Kier molecular flexibility index (Phi) is 4.59. The molecule has 0 fully saturated rings. The SMILES string of the molecule is CC(C)(C)c1cc(Pc2ccccc2)cc(C(C)(C)C)c1. The van der Waals surface area contributed by atoms with Crippen molar-refractivity contribution in [3.63, 3.8) is 0 Å². The first-order valence-electron chi connectivity index (χ1n) is 7.64. The average Bonchev–Trinajstić information content (AvgIpc) is 2.37. The standard InChI is InChI=1S/C20H27P/c1-19(2,3)15-12-16(20(4,5)6)14-18(13-15)21-17-10-8-7-9-11-17/h7-14,21H,1-6H3. The Bertz CT molecular complexity index is 566. The number of rotatable bonds is 2. The van der Waals surface area contributed by atoms with Crippen LogP contribution >= 0.6 is 8.58 Å². The van der Waals surface area contributed by atoms with E-state index in [0.29, 0.717) is 0 Å². The molecule has 112 valence electrons. The molecule has 0 aromatic heterocycles. The molecule has 2 rings (SSSR count). The van der Waals surface area contributed by atoms with E-state index < -0.39 is 0 Å². The molecule has 2 aromatic carbocycles. The maximum Gasteiger partial charge on any atom is -0.0132 e. The lowest BCUT2D eigenvalue weighted by atomic mass is 9.81. The lowest BCUT2D eigenvalue weighted by Crippen LogP contribution is -2.20. The second-order valence-corrected chi connectivity index (χ2v) is 9.19. The molecule has 0 bridgehead atoms. The first-order valence-corrected chi connectivity index (χ1v) is 8.64. The summed E-state index contributed by atoms with van der Waals surface area (Å²) < 4.78 is 0. The summed E-state index contributed by atoms with van der Waals surface area (Å²) in [7, 11) is 0.728. The maximum atomic E-state index is 2.39. The second kappa shape index (κ2) is 5.93. The van der Waals surface area contributed by atoms with Crippen LogP contribution in [-0.4, -0.2) is 0 Å². The lowest BCUT2D eigenvalue weighted by Gasteiger charge is -2.26. The van der Waals surface area contributed by atoms with Gasteiger partial charge in [0.25, 0.3) is 0 Å². The van der Waals surface area contributed by atoms with Crippen molar-refractivity contribution in [2.75, 3.05) is 0 Å². The summed E-state index contributed by atoms with van der Waals surface area (Å²) in [5, 5.41) is 2.85. The zero-order chi connectivity index (χ0) is 15.7. The first-order chi connectivity index (χ1) is 9.66. The molecule has 0 saturated heterocycles. The van der Waals surface area contributed by atoms with Crippen LogP contribution in [0.3, 0.4) is 0 Å². The zero-order valence-electron chi connectivity index (χ0n) is 14.1. The van der Waals surface area contributed by atoms with E-state index in [0.717, 1.165) is 8.58 Å². The molecular weight excluding hydrogens is 271 g/mol. The smallest absolute Gasteiger partial charge is 0.0132 e. The molecule has 0 spiro atoms. The number of benzene rings is 2. The van der Waals surface area contributed by atoms with Gasteiger partial charge in [0.2, 0.25) is 0 Å². The number of hydrogen-bond acceptors (Lipinski definition) is 0. The molecule has 0 aliphatic carbocycles. The van der Waals surface area contributed by atoms with E-state index in [1.165, 1.54) is 21.7 Å². The van der Waals surface area contributed by atoms with Gasteiger partial charge < -0.3 is 0 Å². The Morgan fingerprint density at radius 1 is 0.619 bits per heavy atom. The highest BCUT2D eigenvalue weighted by molar-refractivity contribution is 7.55. The Morgan fingerprint density at radius 3 is 1.52 bits per heavy atom. The third-order valence-corrected chi connectivity index (χ3v) is 4.93. The van der Waals surface area contributed by atoms with Crippen molar-refractivity contribution in [2.24, 2.45) is 0 Å². The molecule has 1 heteroatoms. The minimum Gasteiger partial charge on any atom is -0.0622 e. The molecule has 2 aromatic rings. The normalized spacial score (nSPS) is 13.0. The fourth-order valence-electron chi connectivity index (χ4n) is 2.25. The average molecular weight is 298 g/mol. The van der Waals surface area contributed by atoms with Crippen LogP contribution in [0.1, 0.15) is 52.7 Å². The van der Waals surface area contributed by atoms with Gasteiger partial charge in [0, 0.05) is 0 Å². The van der Waals surface area contributed by atoms with E-state index in [-0.39, 0.29) is 10.8 Å². The summed E-state index contributed by atoms with van der Waals surface area (Å²) in [6, 6.07) is 17.9. The summed E-state index contributed by atoms with van der Waals surface area (Å²) in [6.45, 7) is 13.8. The topological polar surface area (TPSA) is 0 Å². The molecule has 1 atom stereocenters. The van der Waals surface area contributed by atoms with Crippen LogP contribution in [-0.2, 0) is 10.8 Å². The summed E-state index contributed by atoms with van der Waals surface area (Å²) >= 11 is 0. The van der Waals surface area contributed by atoms with Crippen molar-refractivity contribution < 1.29 is 0 Å². The van der Waals surface area contributed by atoms with Gasteiger partial charge in [0.15, 0.2) is 0 Å². The molecule has 0 amide bonds. The van der Waals surface area contributed by atoms with Crippen LogP contribution in [0.25, 0.3) is 0 Å². The quantitative estimate of drug-likeness (QED) is 0.691. The highest BCUT2D eigenvalue weighted by Crippen LogP contribution is 2.29. The summed E-state index contributed by atoms with van der Waals surface area (Å²) in [4.78, 5) is 0. The molecule has 1 unspecified atom stereocenters. The van der Waals surface area contributed by atoms with Crippen molar-refractivity contribution in [1.29, 1.82) is 0 Å². The van der Waals surface area contributed by atoms with Crippen LogP contribution in [0.15, 0.2) is 48.5 Å². The van der Waals surface area contributed by atoms with E-state index in [9.17, 15) is 0 Å². The van der Waals surface area contributed by atoms with E-state index in [1.54, 1.807) is 0 Å². The third-order valence-electron chi connectivity index (χ3n) is 3.73. The van der Waals surface area contributed by atoms with Crippen molar-refractivity contribution in [1.82, 2.24) is 0 Å². The lowest BCUT2D eigenvalue weighted by molar-refractivity contribution is 0.569. The van der Waals surface area contributed by atoms with E-state index >= 15 is 0 Å². The van der Waals surface area contributed by atoms with Crippen molar-refractivity contribution in [3.05, 3.63) is 59.7 Å². The Morgan fingerprint density at radius 2 is 1.10 bits per heavy atom. The van der Waals surface area contributed by atoms with Crippen molar-refractivity contribution in [3.8, 4) is 0 Å². The predicted octanol–water partition coefficient (Wildman–Crippen LogP) is 4.91. The molecule has 0 saturated carbocycles. The van der Waals surface area contributed by atoms with Gasteiger partial charge in [-0.25, -0.2) is 0 Å². The van der Waals surface area contributed by atoms with Crippen LogP contribution in [0.4, 0.5) is 0 Å². The Labute approximate surface area is 131 Å². The molecule has 21 heavy (non-hydrogen) atoms. The predicted molar refractivity (Wildman–Crippen MR) is 97.9 cm³/mol. The molecule has 0 aliphatic heterocycles.